The molecule has 2 bridgehead atoms. The van der Waals surface area contributed by atoms with Gasteiger partial charge < -0.3 is 10.0 Å². The van der Waals surface area contributed by atoms with E-state index in [4.69, 9.17) is 0 Å². The van der Waals surface area contributed by atoms with Crippen molar-refractivity contribution < 1.29 is 27.5 Å². The molecular weight excluding hydrogens is 402 g/mol. The highest BCUT2D eigenvalue weighted by Crippen LogP contribution is 2.68. The van der Waals surface area contributed by atoms with Crippen molar-refractivity contribution in [1.29, 1.82) is 0 Å². The number of aliphatic hydroxyl groups is 1. The lowest BCUT2D eigenvalue weighted by Gasteiger charge is -2.46. The van der Waals surface area contributed by atoms with Crippen LogP contribution < -0.4 is 0 Å². The number of aliphatic hydroxyl groups excluding tert-OH is 1. The summed E-state index contributed by atoms with van der Waals surface area (Å²) >= 11 is 0. The summed E-state index contributed by atoms with van der Waals surface area (Å²) in [6, 6.07) is 5.03. The molecule has 2 aromatic rings. The number of amides is 1. The maximum absolute atomic E-state index is 14.3. The van der Waals surface area contributed by atoms with Gasteiger partial charge in [-0.25, -0.2) is 17.6 Å². The van der Waals surface area contributed by atoms with Crippen LogP contribution in [-0.2, 0) is 10.3 Å². The second kappa shape index (κ2) is 7.01. The standard InChI is InChI=1S/C21H21F4N3O2/c1-20(2)12-6-7-21(20,28(9-16(24)25)17(30)10-29)19-11(12)8-15(26-27-19)18-13(22)4-3-5-14(18)23/h3-5,8,12,16,29H,6-7,9-10H2,1-2H3/t12-,21-/m0/s1. The number of hydrogen-bond acceptors (Lipinski definition) is 4. The minimum atomic E-state index is -2.80. The van der Waals surface area contributed by atoms with E-state index in [2.05, 4.69) is 10.2 Å². The molecule has 2 aliphatic carbocycles. The van der Waals surface area contributed by atoms with Crippen LogP contribution in [0.4, 0.5) is 17.6 Å². The van der Waals surface area contributed by atoms with Crippen LogP contribution in [0.3, 0.4) is 0 Å². The lowest BCUT2D eigenvalue weighted by atomic mass is 9.73. The Morgan fingerprint density at radius 2 is 1.93 bits per heavy atom. The molecule has 1 amide bonds. The zero-order valence-corrected chi connectivity index (χ0v) is 16.5. The van der Waals surface area contributed by atoms with E-state index in [-0.39, 0.29) is 17.2 Å². The number of halogens is 4. The zero-order chi connectivity index (χ0) is 21.8. The third-order valence-corrected chi connectivity index (χ3v) is 6.76. The first-order valence-electron chi connectivity index (χ1n) is 9.67. The molecule has 160 valence electrons. The summed E-state index contributed by atoms with van der Waals surface area (Å²) < 4.78 is 55.2. The van der Waals surface area contributed by atoms with Gasteiger partial charge in [0.2, 0.25) is 5.91 Å². The molecule has 30 heavy (non-hydrogen) atoms. The summed E-state index contributed by atoms with van der Waals surface area (Å²) in [5.74, 6) is -2.54. The first-order valence-corrected chi connectivity index (χ1v) is 9.67. The quantitative estimate of drug-likeness (QED) is 0.746. The topological polar surface area (TPSA) is 66.3 Å². The molecule has 0 saturated heterocycles. The van der Waals surface area contributed by atoms with E-state index in [1.54, 1.807) is 6.07 Å². The van der Waals surface area contributed by atoms with Crippen molar-refractivity contribution in [2.75, 3.05) is 13.2 Å². The molecule has 0 spiro atoms. The molecule has 1 saturated carbocycles. The lowest BCUT2D eigenvalue weighted by molar-refractivity contribution is -0.149. The van der Waals surface area contributed by atoms with Crippen molar-refractivity contribution >= 4 is 5.91 Å². The van der Waals surface area contributed by atoms with Crippen LogP contribution in [0.25, 0.3) is 11.3 Å². The fraction of sp³-hybridized carbons (Fsp3) is 0.476. The maximum atomic E-state index is 14.3. The van der Waals surface area contributed by atoms with Gasteiger partial charge in [-0.15, -0.1) is 5.10 Å². The lowest BCUT2D eigenvalue weighted by Crippen LogP contribution is -2.56. The normalized spacial score (nSPS) is 23.7. The number of carbonyl (C=O) groups is 1. The van der Waals surface area contributed by atoms with Gasteiger partial charge >= 0.3 is 0 Å². The number of aromatic nitrogens is 2. The highest BCUT2D eigenvalue weighted by molar-refractivity contribution is 5.79. The number of hydrogen-bond donors (Lipinski definition) is 1. The molecule has 5 nitrogen and oxygen atoms in total. The van der Waals surface area contributed by atoms with Crippen molar-refractivity contribution in [1.82, 2.24) is 15.1 Å². The number of nitrogens with zero attached hydrogens (tertiary/aromatic N) is 3. The summed E-state index contributed by atoms with van der Waals surface area (Å²) in [7, 11) is 0. The molecule has 2 atom stereocenters. The first-order chi connectivity index (χ1) is 14.1. The van der Waals surface area contributed by atoms with Crippen LogP contribution in [0.2, 0.25) is 0 Å². The summed E-state index contributed by atoms with van der Waals surface area (Å²) in [6.07, 6.45) is -1.82. The Kier molecular flexibility index (Phi) is 4.84. The highest BCUT2D eigenvalue weighted by Gasteiger charge is 2.67. The van der Waals surface area contributed by atoms with Crippen LogP contribution in [-0.4, -0.2) is 45.7 Å². The predicted octanol–water partition coefficient (Wildman–Crippen LogP) is 3.62. The average Bonchev–Trinajstić information content (AvgIpc) is 3.06. The van der Waals surface area contributed by atoms with Crippen molar-refractivity contribution in [3.63, 3.8) is 0 Å². The van der Waals surface area contributed by atoms with Crippen molar-refractivity contribution in [3.8, 4) is 11.3 Å². The molecule has 1 aromatic carbocycles. The number of rotatable bonds is 5. The van der Waals surface area contributed by atoms with Crippen LogP contribution in [0.5, 0.6) is 0 Å². The Bertz CT molecular complexity index is 993. The Morgan fingerprint density at radius 1 is 1.27 bits per heavy atom. The van der Waals surface area contributed by atoms with Crippen molar-refractivity contribution in [2.45, 2.75) is 44.6 Å². The minimum absolute atomic E-state index is 0.0109. The van der Waals surface area contributed by atoms with Crippen LogP contribution >= 0.6 is 0 Å². The van der Waals surface area contributed by atoms with Gasteiger partial charge in [0.1, 0.15) is 18.2 Å². The van der Waals surface area contributed by atoms with Gasteiger partial charge in [0.15, 0.2) is 0 Å². The predicted molar refractivity (Wildman–Crippen MR) is 99.6 cm³/mol. The second-order valence-electron chi connectivity index (χ2n) is 8.36. The van der Waals surface area contributed by atoms with E-state index in [1.165, 1.54) is 6.07 Å². The Hall–Kier alpha value is -2.55. The van der Waals surface area contributed by atoms with Gasteiger partial charge in [-0.05, 0) is 42.5 Å². The molecule has 2 aliphatic rings. The monoisotopic (exact) mass is 423 g/mol. The van der Waals surface area contributed by atoms with Gasteiger partial charge in [-0.1, -0.05) is 19.9 Å². The van der Waals surface area contributed by atoms with Crippen molar-refractivity contribution in [2.24, 2.45) is 5.41 Å². The fourth-order valence-electron chi connectivity index (χ4n) is 5.45. The largest absolute Gasteiger partial charge is 0.387 e. The molecule has 1 aromatic heterocycles. The molecular formula is C21H21F4N3O2. The van der Waals surface area contributed by atoms with Gasteiger partial charge in [0.05, 0.1) is 29.0 Å². The van der Waals surface area contributed by atoms with Gasteiger partial charge in [0, 0.05) is 5.41 Å². The minimum Gasteiger partial charge on any atom is -0.387 e. The molecule has 0 aliphatic heterocycles. The van der Waals surface area contributed by atoms with Crippen LogP contribution in [0.1, 0.15) is 43.9 Å². The molecule has 1 heterocycles. The van der Waals surface area contributed by atoms with E-state index in [1.807, 2.05) is 13.8 Å². The number of carbonyl (C=O) groups excluding carboxylic acids is 1. The fourth-order valence-corrected chi connectivity index (χ4v) is 5.45. The smallest absolute Gasteiger partial charge is 0.255 e. The van der Waals surface area contributed by atoms with E-state index in [9.17, 15) is 27.5 Å². The Labute approximate surface area is 170 Å². The summed E-state index contributed by atoms with van der Waals surface area (Å²) in [4.78, 5) is 13.5. The maximum Gasteiger partial charge on any atom is 0.255 e. The zero-order valence-electron chi connectivity index (χ0n) is 16.5. The Morgan fingerprint density at radius 3 is 2.53 bits per heavy atom. The van der Waals surface area contributed by atoms with E-state index < -0.39 is 48.1 Å². The number of benzene rings is 1. The van der Waals surface area contributed by atoms with E-state index in [0.29, 0.717) is 24.1 Å². The highest BCUT2D eigenvalue weighted by atomic mass is 19.3. The van der Waals surface area contributed by atoms with E-state index >= 15 is 0 Å². The summed E-state index contributed by atoms with van der Waals surface area (Å²) in [5, 5.41) is 17.6. The summed E-state index contributed by atoms with van der Waals surface area (Å²) in [5.41, 5.74) is -1.16. The summed E-state index contributed by atoms with van der Waals surface area (Å²) in [6.45, 7) is 1.97. The Balaban J connectivity index is 1.90. The molecule has 0 radical (unpaired) electrons. The third-order valence-electron chi connectivity index (χ3n) is 6.76. The van der Waals surface area contributed by atoms with Gasteiger partial charge in [-0.3, -0.25) is 4.79 Å². The van der Waals surface area contributed by atoms with Crippen molar-refractivity contribution in [3.05, 3.63) is 47.2 Å². The van der Waals surface area contributed by atoms with Crippen LogP contribution in [0, 0.1) is 17.0 Å². The molecule has 1 N–H and O–H groups in total. The van der Waals surface area contributed by atoms with Gasteiger partial charge in [0.25, 0.3) is 6.43 Å². The van der Waals surface area contributed by atoms with E-state index in [0.717, 1.165) is 17.0 Å². The SMILES string of the molecule is CC1(C)[C@H]2CC[C@]1(N(CC(F)F)C(=O)CO)c1nnc(-c3c(F)cccc3F)cc12. The average molecular weight is 423 g/mol. The molecule has 0 unspecified atom stereocenters. The van der Waals surface area contributed by atoms with Gasteiger partial charge in [-0.2, -0.15) is 5.10 Å². The third kappa shape index (κ3) is 2.67. The number of alkyl halides is 2. The second-order valence-corrected chi connectivity index (χ2v) is 8.36. The number of fused-ring (bicyclic) bond motifs is 5. The van der Waals surface area contributed by atoms with Crippen LogP contribution in [0.15, 0.2) is 24.3 Å². The first kappa shape index (κ1) is 20.7. The molecule has 9 heteroatoms. The molecule has 4 rings (SSSR count). The molecule has 1 fully saturated rings.